The molecule has 1 saturated heterocycles. The number of rotatable bonds is 3. The van der Waals surface area contributed by atoms with E-state index >= 15 is 0 Å². The molecule has 0 spiro atoms. The summed E-state index contributed by atoms with van der Waals surface area (Å²) in [6.45, 7) is 6.18. The van der Waals surface area contributed by atoms with Crippen molar-refractivity contribution < 1.29 is 0 Å². The van der Waals surface area contributed by atoms with Gasteiger partial charge >= 0.3 is 0 Å². The van der Waals surface area contributed by atoms with Gasteiger partial charge in [-0.05, 0) is 18.6 Å². The maximum atomic E-state index is 4.73. The van der Waals surface area contributed by atoms with E-state index in [2.05, 4.69) is 57.5 Å². The Kier molecular flexibility index (Phi) is 4.17. The van der Waals surface area contributed by atoms with Gasteiger partial charge in [0, 0.05) is 49.0 Å². The molecule has 0 bridgehead atoms. The number of para-hydroxylation sites is 1. The Hall–Kier alpha value is -2.40. The van der Waals surface area contributed by atoms with Gasteiger partial charge in [0.2, 0.25) is 5.13 Å². The molecule has 0 amide bonds. The van der Waals surface area contributed by atoms with E-state index in [0.29, 0.717) is 0 Å². The van der Waals surface area contributed by atoms with Gasteiger partial charge in [-0.2, -0.15) is 9.36 Å². The van der Waals surface area contributed by atoms with Crippen molar-refractivity contribution in [1.82, 2.24) is 9.36 Å². The first-order valence-electron chi connectivity index (χ1n) is 8.26. The van der Waals surface area contributed by atoms with E-state index in [9.17, 15) is 0 Å². The molecule has 5 heteroatoms. The number of aryl methyl sites for hydroxylation is 1. The summed E-state index contributed by atoms with van der Waals surface area (Å²) in [6.07, 6.45) is 0. The smallest absolute Gasteiger partial charge is 0.205 e. The molecule has 2 heterocycles. The lowest BCUT2D eigenvalue weighted by molar-refractivity contribution is 0.651. The van der Waals surface area contributed by atoms with Gasteiger partial charge in [0.1, 0.15) is 0 Å². The molecule has 1 aliphatic rings. The second-order valence-corrected chi connectivity index (χ2v) is 6.76. The van der Waals surface area contributed by atoms with E-state index in [0.717, 1.165) is 42.7 Å². The average molecular weight is 336 g/mol. The maximum Gasteiger partial charge on any atom is 0.205 e. The van der Waals surface area contributed by atoms with Crippen molar-refractivity contribution in [3.05, 3.63) is 60.2 Å². The second-order valence-electron chi connectivity index (χ2n) is 6.03. The predicted molar refractivity (Wildman–Crippen MR) is 101 cm³/mol. The largest absolute Gasteiger partial charge is 0.368 e. The van der Waals surface area contributed by atoms with Gasteiger partial charge < -0.3 is 9.80 Å². The molecular formula is C19H20N4S. The molecule has 4 nitrogen and oxygen atoms in total. The molecule has 1 aromatic heterocycles. The minimum absolute atomic E-state index is 0.830. The molecular weight excluding hydrogens is 316 g/mol. The number of benzene rings is 2. The van der Waals surface area contributed by atoms with Crippen molar-refractivity contribution in [3.63, 3.8) is 0 Å². The highest BCUT2D eigenvalue weighted by atomic mass is 32.1. The molecule has 0 N–H and O–H groups in total. The first kappa shape index (κ1) is 15.1. The maximum absolute atomic E-state index is 4.73. The van der Waals surface area contributed by atoms with E-state index in [1.807, 2.05) is 18.2 Å². The van der Waals surface area contributed by atoms with Gasteiger partial charge in [0.25, 0.3) is 0 Å². The molecule has 3 aromatic rings. The SMILES string of the molecule is Cc1ccccc1N1CCN(c2nc(-c3ccccc3)ns2)CC1. The predicted octanol–water partition coefficient (Wildman–Crippen LogP) is 3.84. The fourth-order valence-corrected chi connectivity index (χ4v) is 3.84. The Labute approximate surface area is 146 Å². The van der Waals surface area contributed by atoms with Crippen LogP contribution in [0.2, 0.25) is 0 Å². The van der Waals surface area contributed by atoms with Gasteiger partial charge in [0.05, 0.1) is 0 Å². The summed E-state index contributed by atoms with van der Waals surface area (Å²) >= 11 is 1.50. The fourth-order valence-electron chi connectivity index (χ4n) is 3.11. The van der Waals surface area contributed by atoms with Crippen LogP contribution in [0.4, 0.5) is 10.8 Å². The third-order valence-electron chi connectivity index (χ3n) is 4.45. The van der Waals surface area contributed by atoms with Crippen LogP contribution in [0, 0.1) is 6.92 Å². The number of hydrogen-bond acceptors (Lipinski definition) is 5. The van der Waals surface area contributed by atoms with Crippen LogP contribution in [-0.4, -0.2) is 35.5 Å². The third kappa shape index (κ3) is 2.99. The van der Waals surface area contributed by atoms with Crippen LogP contribution in [0.1, 0.15) is 5.56 Å². The summed E-state index contributed by atoms with van der Waals surface area (Å²) in [5, 5.41) is 1.03. The van der Waals surface area contributed by atoms with E-state index in [1.54, 1.807) is 0 Å². The quantitative estimate of drug-likeness (QED) is 0.727. The molecule has 24 heavy (non-hydrogen) atoms. The van der Waals surface area contributed by atoms with Gasteiger partial charge in [-0.3, -0.25) is 0 Å². The third-order valence-corrected chi connectivity index (χ3v) is 5.23. The van der Waals surface area contributed by atoms with Gasteiger partial charge in [-0.1, -0.05) is 48.5 Å². The lowest BCUT2D eigenvalue weighted by Crippen LogP contribution is -2.46. The van der Waals surface area contributed by atoms with Crippen LogP contribution in [0.5, 0.6) is 0 Å². The zero-order chi connectivity index (χ0) is 16.4. The van der Waals surface area contributed by atoms with Crippen molar-refractivity contribution in [2.24, 2.45) is 0 Å². The van der Waals surface area contributed by atoms with E-state index < -0.39 is 0 Å². The average Bonchev–Trinajstić information content (AvgIpc) is 3.13. The van der Waals surface area contributed by atoms with Crippen molar-refractivity contribution in [2.75, 3.05) is 36.0 Å². The Morgan fingerprint density at radius 3 is 2.25 bits per heavy atom. The normalized spacial score (nSPS) is 14.9. The lowest BCUT2D eigenvalue weighted by atomic mass is 10.1. The molecule has 0 aliphatic carbocycles. The Morgan fingerprint density at radius 2 is 1.50 bits per heavy atom. The first-order valence-corrected chi connectivity index (χ1v) is 9.03. The monoisotopic (exact) mass is 336 g/mol. The molecule has 1 fully saturated rings. The minimum atomic E-state index is 0.830. The highest BCUT2D eigenvalue weighted by molar-refractivity contribution is 7.09. The van der Waals surface area contributed by atoms with Crippen molar-refractivity contribution in [3.8, 4) is 11.4 Å². The van der Waals surface area contributed by atoms with Crippen molar-refractivity contribution in [2.45, 2.75) is 6.92 Å². The van der Waals surface area contributed by atoms with Gasteiger partial charge in [-0.15, -0.1) is 0 Å². The van der Waals surface area contributed by atoms with Crippen molar-refractivity contribution >= 4 is 22.4 Å². The molecule has 2 aromatic carbocycles. The van der Waals surface area contributed by atoms with Crippen LogP contribution in [0.3, 0.4) is 0 Å². The van der Waals surface area contributed by atoms with Crippen LogP contribution in [0.15, 0.2) is 54.6 Å². The number of piperazine rings is 1. The van der Waals surface area contributed by atoms with E-state index in [-0.39, 0.29) is 0 Å². The van der Waals surface area contributed by atoms with Crippen LogP contribution in [0.25, 0.3) is 11.4 Å². The number of anilines is 2. The Morgan fingerprint density at radius 1 is 0.833 bits per heavy atom. The summed E-state index contributed by atoms with van der Waals surface area (Å²) < 4.78 is 4.53. The molecule has 122 valence electrons. The summed E-state index contributed by atoms with van der Waals surface area (Å²) in [5.41, 5.74) is 3.77. The van der Waals surface area contributed by atoms with Crippen LogP contribution in [-0.2, 0) is 0 Å². The highest BCUT2D eigenvalue weighted by Gasteiger charge is 2.21. The molecule has 0 atom stereocenters. The zero-order valence-corrected chi connectivity index (χ0v) is 14.5. The number of hydrogen-bond donors (Lipinski definition) is 0. The highest BCUT2D eigenvalue weighted by Crippen LogP contribution is 2.26. The second kappa shape index (κ2) is 6.61. The minimum Gasteiger partial charge on any atom is -0.368 e. The van der Waals surface area contributed by atoms with Crippen LogP contribution < -0.4 is 9.80 Å². The molecule has 0 unspecified atom stereocenters. The summed E-state index contributed by atoms with van der Waals surface area (Å²) in [5.74, 6) is 0.830. The van der Waals surface area contributed by atoms with E-state index in [4.69, 9.17) is 4.98 Å². The Bertz CT molecular complexity index is 807. The molecule has 1 aliphatic heterocycles. The molecule has 4 rings (SSSR count). The summed E-state index contributed by atoms with van der Waals surface area (Å²) in [4.78, 5) is 9.54. The van der Waals surface area contributed by atoms with Gasteiger partial charge in [-0.25, -0.2) is 0 Å². The summed E-state index contributed by atoms with van der Waals surface area (Å²) in [6, 6.07) is 18.8. The lowest BCUT2D eigenvalue weighted by Gasteiger charge is -2.36. The van der Waals surface area contributed by atoms with Crippen LogP contribution >= 0.6 is 11.5 Å². The standard InChI is InChI=1S/C19H20N4S/c1-15-7-5-6-10-17(15)22-11-13-23(14-12-22)19-20-18(21-24-19)16-8-3-2-4-9-16/h2-10H,11-14H2,1H3. The van der Waals surface area contributed by atoms with Crippen molar-refractivity contribution in [1.29, 1.82) is 0 Å². The molecule has 0 radical (unpaired) electrons. The topological polar surface area (TPSA) is 32.3 Å². The number of nitrogens with zero attached hydrogens (tertiary/aromatic N) is 4. The fraction of sp³-hybridized carbons (Fsp3) is 0.263. The first-order chi connectivity index (χ1) is 11.8. The summed E-state index contributed by atoms with van der Waals surface area (Å²) in [7, 11) is 0. The zero-order valence-electron chi connectivity index (χ0n) is 13.7. The Balaban J connectivity index is 1.45. The number of aromatic nitrogens is 2. The molecule has 0 saturated carbocycles. The van der Waals surface area contributed by atoms with Gasteiger partial charge in [0.15, 0.2) is 5.82 Å². The van der Waals surface area contributed by atoms with E-state index in [1.165, 1.54) is 22.8 Å².